The van der Waals surface area contributed by atoms with Gasteiger partial charge in [-0.3, -0.25) is 14.5 Å². The van der Waals surface area contributed by atoms with Crippen LogP contribution in [0.1, 0.15) is 23.7 Å². The van der Waals surface area contributed by atoms with E-state index in [-0.39, 0.29) is 11.8 Å². The van der Waals surface area contributed by atoms with E-state index in [4.69, 9.17) is 4.74 Å². The molecule has 0 atom stereocenters. The summed E-state index contributed by atoms with van der Waals surface area (Å²) in [6, 6.07) is 17.5. The highest BCUT2D eigenvalue weighted by Crippen LogP contribution is 2.26. The SMILES string of the molecule is CC1=C(C(=O)Nc2ccc(C(=O)NCCCN3CCN(c4ccccc4)CC3)cc2)SCCO1. The Kier molecular flexibility index (Phi) is 8.49. The fraction of sp³-hybridized carbons (Fsp3) is 0.385. The third-order valence-corrected chi connectivity index (χ3v) is 7.14. The number of thioether (sulfide) groups is 1. The highest BCUT2D eigenvalue weighted by atomic mass is 32.2. The summed E-state index contributed by atoms with van der Waals surface area (Å²) in [6.45, 7) is 8.19. The fourth-order valence-electron chi connectivity index (χ4n) is 4.10. The summed E-state index contributed by atoms with van der Waals surface area (Å²) >= 11 is 1.50. The number of hydrogen-bond acceptors (Lipinski definition) is 6. The average Bonchev–Trinajstić information content (AvgIpc) is 2.88. The van der Waals surface area contributed by atoms with Crippen LogP contribution in [0.15, 0.2) is 65.3 Å². The lowest BCUT2D eigenvalue weighted by Gasteiger charge is -2.36. The summed E-state index contributed by atoms with van der Waals surface area (Å²) in [5.74, 6) is 1.15. The van der Waals surface area contributed by atoms with E-state index < -0.39 is 0 Å². The van der Waals surface area contributed by atoms with E-state index in [9.17, 15) is 9.59 Å². The number of piperazine rings is 1. The van der Waals surface area contributed by atoms with Crippen molar-refractivity contribution in [1.29, 1.82) is 0 Å². The Balaban J connectivity index is 1.15. The first-order chi connectivity index (χ1) is 16.6. The fourth-order valence-corrected chi connectivity index (χ4v) is 4.91. The molecule has 2 amide bonds. The Hall–Kier alpha value is -2.97. The first-order valence-electron chi connectivity index (χ1n) is 11.8. The molecule has 2 aromatic carbocycles. The lowest BCUT2D eigenvalue weighted by Crippen LogP contribution is -2.47. The van der Waals surface area contributed by atoms with Crippen LogP contribution >= 0.6 is 11.8 Å². The molecule has 7 nitrogen and oxygen atoms in total. The quantitative estimate of drug-likeness (QED) is 0.563. The lowest BCUT2D eigenvalue weighted by atomic mass is 10.2. The molecular weight excluding hydrogens is 448 g/mol. The Bertz CT molecular complexity index is 1000. The Morgan fingerprint density at radius 3 is 2.41 bits per heavy atom. The van der Waals surface area contributed by atoms with Gasteiger partial charge in [0.15, 0.2) is 0 Å². The molecule has 8 heteroatoms. The number of nitrogens with zero attached hydrogens (tertiary/aromatic N) is 2. The molecule has 1 saturated heterocycles. The molecule has 2 aliphatic heterocycles. The summed E-state index contributed by atoms with van der Waals surface area (Å²) in [5.41, 5.74) is 2.53. The second kappa shape index (κ2) is 11.9. The molecule has 2 aromatic rings. The molecule has 0 aliphatic carbocycles. The smallest absolute Gasteiger partial charge is 0.265 e. The number of anilines is 2. The molecule has 2 N–H and O–H groups in total. The van der Waals surface area contributed by atoms with Gasteiger partial charge in [0.2, 0.25) is 0 Å². The monoisotopic (exact) mass is 480 g/mol. The Labute approximate surface area is 205 Å². The molecule has 0 unspecified atom stereocenters. The van der Waals surface area contributed by atoms with Crippen molar-refractivity contribution in [2.24, 2.45) is 0 Å². The van der Waals surface area contributed by atoms with Gasteiger partial charge in [-0.25, -0.2) is 0 Å². The number of benzene rings is 2. The average molecular weight is 481 g/mol. The van der Waals surface area contributed by atoms with Crippen LogP contribution < -0.4 is 15.5 Å². The normalized spacial score (nSPS) is 16.7. The number of ether oxygens (including phenoxy) is 1. The number of allylic oxidation sites excluding steroid dienone is 1. The standard InChI is InChI=1S/C26H32N4O3S/c1-20-24(34-19-18-33-20)26(32)28-22-10-8-21(9-11-22)25(31)27-12-5-13-29-14-16-30(17-15-29)23-6-3-2-4-7-23/h2-4,6-11H,5,12-19H2,1H3,(H,27,31)(H,28,32). The predicted molar refractivity (Wildman–Crippen MR) is 138 cm³/mol. The minimum atomic E-state index is -0.177. The van der Waals surface area contributed by atoms with E-state index in [1.165, 1.54) is 17.4 Å². The molecule has 0 aromatic heterocycles. The molecule has 34 heavy (non-hydrogen) atoms. The van der Waals surface area contributed by atoms with Gasteiger partial charge in [0.25, 0.3) is 11.8 Å². The highest BCUT2D eigenvalue weighted by molar-refractivity contribution is 8.04. The number of carbonyl (C=O) groups excluding carboxylic acids is 2. The number of amides is 2. The topological polar surface area (TPSA) is 73.9 Å². The van der Waals surface area contributed by atoms with Crippen molar-refractivity contribution in [3.05, 3.63) is 70.8 Å². The van der Waals surface area contributed by atoms with Crippen LogP contribution in [0.2, 0.25) is 0 Å². The van der Waals surface area contributed by atoms with Crippen LogP contribution in [0.4, 0.5) is 11.4 Å². The first kappa shape index (κ1) is 24.2. The van der Waals surface area contributed by atoms with Gasteiger partial charge in [0.05, 0.1) is 6.61 Å². The van der Waals surface area contributed by atoms with Gasteiger partial charge >= 0.3 is 0 Å². The van der Waals surface area contributed by atoms with Crippen molar-refractivity contribution >= 4 is 35.0 Å². The maximum atomic E-state index is 12.5. The molecule has 0 radical (unpaired) electrons. The van der Waals surface area contributed by atoms with E-state index in [2.05, 4.69) is 44.7 Å². The molecule has 0 bridgehead atoms. The van der Waals surface area contributed by atoms with Gasteiger partial charge in [0, 0.05) is 55.4 Å². The van der Waals surface area contributed by atoms with E-state index in [1.54, 1.807) is 31.2 Å². The second-order valence-corrected chi connectivity index (χ2v) is 9.49. The number of nitrogens with one attached hydrogen (secondary N) is 2. The van der Waals surface area contributed by atoms with E-state index in [0.29, 0.717) is 35.1 Å². The van der Waals surface area contributed by atoms with Gasteiger partial charge in [0.1, 0.15) is 10.7 Å². The maximum Gasteiger partial charge on any atom is 0.265 e. The van der Waals surface area contributed by atoms with Crippen LogP contribution in [-0.4, -0.2) is 68.3 Å². The zero-order chi connectivity index (χ0) is 23.8. The highest BCUT2D eigenvalue weighted by Gasteiger charge is 2.19. The summed E-state index contributed by atoms with van der Waals surface area (Å²) in [7, 11) is 0. The minimum absolute atomic E-state index is 0.0958. The van der Waals surface area contributed by atoms with Crippen LogP contribution in [0.25, 0.3) is 0 Å². The van der Waals surface area contributed by atoms with Crippen molar-refractivity contribution in [3.63, 3.8) is 0 Å². The summed E-state index contributed by atoms with van der Waals surface area (Å²) in [5, 5.41) is 5.87. The van der Waals surface area contributed by atoms with Crippen molar-refractivity contribution < 1.29 is 14.3 Å². The zero-order valence-electron chi connectivity index (χ0n) is 19.6. The number of carbonyl (C=O) groups is 2. The zero-order valence-corrected chi connectivity index (χ0v) is 20.4. The van der Waals surface area contributed by atoms with E-state index in [0.717, 1.165) is 44.9 Å². The number of para-hydroxylation sites is 1. The summed E-state index contributed by atoms with van der Waals surface area (Å²) in [4.78, 5) is 30.4. The predicted octanol–water partition coefficient (Wildman–Crippen LogP) is 3.56. The molecule has 2 heterocycles. The van der Waals surface area contributed by atoms with Crippen LogP contribution in [0, 0.1) is 0 Å². The number of hydrogen-bond donors (Lipinski definition) is 2. The minimum Gasteiger partial charge on any atom is -0.496 e. The van der Waals surface area contributed by atoms with Gasteiger partial charge in [-0.15, -0.1) is 11.8 Å². The van der Waals surface area contributed by atoms with Crippen molar-refractivity contribution in [1.82, 2.24) is 10.2 Å². The maximum absolute atomic E-state index is 12.5. The Morgan fingerprint density at radius 1 is 0.971 bits per heavy atom. The Morgan fingerprint density at radius 2 is 1.71 bits per heavy atom. The molecule has 0 saturated carbocycles. The third-order valence-electron chi connectivity index (χ3n) is 6.01. The van der Waals surface area contributed by atoms with Gasteiger partial charge < -0.3 is 20.3 Å². The number of rotatable bonds is 8. The van der Waals surface area contributed by atoms with E-state index in [1.807, 2.05) is 6.07 Å². The van der Waals surface area contributed by atoms with Crippen LogP contribution in [0.5, 0.6) is 0 Å². The molecule has 4 rings (SSSR count). The van der Waals surface area contributed by atoms with Crippen LogP contribution in [-0.2, 0) is 9.53 Å². The van der Waals surface area contributed by atoms with Crippen LogP contribution in [0.3, 0.4) is 0 Å². The lowest BCUT2D eigenvalue weighted by molar-refractivity contribution is -0.112. The summed E-state index contributed by atoms with van der Waals surface area (Å²) in [6.07, 6.45) is 0.916. The van der Waals surface area contributed by atoms with E-state index >= 15 is 0 Å². The largest absolute Gasteiger partial charge is 0.496 e. The third kappa shape index (κ3) is 6.55. The summed E-state index contributed by atoms with van der Waals surface area (Å²) < 4.78 is 5.45. The molecular formula is C26H32N4O3S. The first-order valence-corrected chi connectivity index (χ1v) is 12.8. The molecule has 0 spiro atoms. The molecule has 2 aliphatic rings. The molecule has 1 fully saturated rings. The van der Waals surface area contributed by atoms with Crippen molar-refractivity contribution in [2.45, 2.75) is 13.3 Å². The van der Waals surface area contributed by atoms with Crippen molar-refractivity contribution in [3.8, 4) is 0 Å². The second-order valence-electron chi connectivity index (χ2n) is 8.39. The van der Waals surface area contributed by atoms with Gasteiger partial charge in [-0.2, -0.15) is 0 Å². The van der Waals surface area contributed by atoms with Crippen molar-refractivity contribution in [2.75, 3.05) is 61.8 Å². The van der Waals surface area contributed by atoms with Gasteiger partial charge in [-0.1, -0.05) is 18.2 Å². The molecule has 180 valence electrons. The van der Waals surface area contributed by atoms with Gasteiger partial charge in [-0.05, 0) is 56.3 Å².